The molecule has 0 fully saturated rings. The molecule has 4 heteroatoms. The summed E-state index contributed by atoms with van der Waals surface area (Å²) in [7, 11) is 0. The molecular weight excluding hydrogens is 186 g/mol. The van der Waals surface area contributed by atoms with Crippen LogP contribution in [0.5, 0.6) is 0 Å². The Hall–Kier alpha value is -0.870. The predicted molar refractivity (Wildman–Crippen MR) is 54.7 cm³/mol. The van der Waals surface area contributed by atoms with Gasteiger partial charge in [-0.2, -0.15) is 0 Å². The van der Waals surface area contributed by atoms with E-state index in [9.17, 15) is 4.79 Å². The maximum atomic E-state index is 10.4. The van der Waals surface area contributed by atoms with Gasteiger partial charge in [-0.3, -0.25) is 4.79 Å². The lowest BCUT2D eigenvalue weighted by Crippen LogP contribution is -2.25. The van der Waals surface area contributed by atoms with Gasteiger partial charge in [-0.1, -0.05) is 0 Å². The van der Waals surface area contributed by atoms with E-state index in [1.165, 1.54) is 11.3 Å². The lowest BCUT2D eigenvalue weighted by atomic mass is 10.4. The molecule has 1 aromatic rings. The second kappa shape index (κ2) is 4.99. The minimum absolute atomic E-state index is 0.141. The van der Waals surface area contributed by atoms with Crippen LogP contribution in [0, 0.1) is 0 Å². The fraction of sp³-hybridized carbons (Fsp3) is 0.444. The van der Waals surface area contributed by atoms with E-state index in [0.29, 0.717) is 6.54 Å². The van der Waals surface area contributed by atoms with Crippen molar-refractivity contribution < 1.29 is 9.90 Å². The van der Waals surface area contributed by atoms with Crippen LogP contribution in [0.2, 0.25) is 0 Å². The van der Waals surface area contributed by atoms with Gasteiger partial charge in [0.25, 0.3) is 0 Å². The number of aliphatic hydroxyl groups is 1. The average molecular weight is 199 g/mol. The Kier molecular flexibility index (Phi) is 3.92. The van der Waals surface area contributed by atoms with E-state index in [1.807, 2.05) is 17.9 Å². The zero-order valence-corrected chi connectivity index (χ0v) is 8.38. The van der Waals surface area contributed by atoms with Gasteiger partial charge in [-0.05, 0) is 19.1 Å². The molecule has 0 radical (unpaired) electrons. The number of likely N-dealkylation sites (N-methyl/N-ethyl adjacent to an activating group) is 1. The van der Waals surface area contributed by atoms with Crippen LogP contribution in [0.1, 0.15) is 16.6 Å². The van der Waals surface area contributed by atoms with Crippen molar-refractivity contribution in [1.82, 2.24) is 0 Å². The van der Waals surface area contributed by atoms with Crippen molar-refractivity contribution in [2.45, 2.75) is 6.92 Å². The summed E-state index contributed by atoms with van der Waals surface area (Å²) in [4.78, 5) is 13.2. The molecule has 1 heterocycles. The van der Waals surface area contributed by atoms with Crippen molar-refractivity contribution in [2.24, 2.45) is 0 Å². The highest BCUT2D eigenvalue weighted by Gasteiger charge is 2.05. The van der Waals surface area contributed by atoms with Gasteiger partial charge in [0.1, 0.15) is 0 Å². The summed E-state index contributed by atoms with van der Waals surface area (Å²) in [6.45, 7) is 3.63. The predicted octanol–water partition coefficient (Wildman–Crippen LogP) is 1.38. The molecule has 0 atom stereocenters. The van der Waals surface area contributed by atoms with Gasteiger partial charge in [0.2, 0.25) is 0 Å². The van der Waals surface area contributed by atoms with Crippen molar-refractivity contribution in [2.75, 3.05) is 24.6 Å². The number of carbonyl (C=O) groups excluding carboxylic acids is 1. The molecule has 1 N–H and O–H groups in total. The number of anilines is 1. The van der Waals surface area contributed by atoms with Crippen molar-refractivity contribution in [1.29, 1.82) is 0 Å². The fourth-order valence-electron chi connectivity index (χ4n) is 1.12. The van der Waals surface area contributed by atoms with Crippen molar-refractivity contribution in [3.05, 3.63) is 17.0 Å². The number of thiophene rings is 1. The molecule has 0 saturated heterocycles. The Morgan fingerprint density at radius 3 is 2.85 bits per heavy atom. The van der Waals surface area contributed by atoms with E-state index in [4.69, 9.17) is 5.11 Å². The number of aldehydes is 1. The fourth-order valence-corrected chi connectivity index (χ4v) is 2.03. The van der Waals surface area contributed by atoms with Crippen LogP contribution < -0.4 is 4.90 Å². The van der Waals surface area contributed by atoms with Crippen LogP contribution in [0.25, 0.3) is 0 Å². The first kappa shape index (κ1) is 10.2. The summed E-state index contributed by atoms with van der Waals surface area (Å²) < 4.78 is 0. The normalized spacial score (nSPS) is 10.0. The van der Waals surface area contributed by atoms with Crippen LogP contribution in [0.3, 0.4) is 0 Å². The number of hydrogen-bond acceptors (Lipinski definition) is 4. The van der Waals surface area contributed by atoms with Gasteiger partial charge in [-0.25, -0.2) is 0 Å². The van der Waals surface area contributed by atoms with Gasteiger partial charge in [0, 0.05) is 13.1 Å². The molecule has 72 valence electrons. The van der Waals surface area contributed by atoms with E-state index in [2.05, 4.69) is 0 Å². The Morgan fingerprint density at radius 1 is 1.62 bits per heavy atom. The molecule has 13 heavy (non-hydrogen) atoms. The number of carbonyl (C=O) groups is 1. The van der Waals surface area contributed by atoms with Gasteiger partial charge in [-0.15, -0.1) is 11.3 Å². The van der Waals surface area contributed by atoms with E-state index < -0.39 is 0 Å². The molecule has 3 nitrogen and oxygen atoms in total. The lowest BCUT2D eigenvalue weighted by molar-refractivity contribution is 0.112. The summed E-state index contributed by atoms with van der Waals surface area (Å²) in [5, 5.41) is 9.83. The van der Waals surface area contributed by atoms with Crippen molar-refractivity contribution in [3.63, 3.8) is 0 Å². The zero-order chi connectivity index (χ0) is 9.68. The molecular formula is C9H13NO2S. The molecule has 0 aromatic carbocycles. The number of aliphatic hydroxyl groups excluding tert-OH is 1. The molecule has 0 aliphatic heterocycles. The molecule has 0 spiro atoms. The highest BCUT2D eigenvalue weighted by atomic mass is 32.1. The first-order valence-electron chi connectivity index (χ1n) is 4.22. The second-order valence-electron chi connectivity index (χ2n) is 2.60. The highest BCUT2D eigenvalue weighted by Crippen LogP contribution is 2.24. The van der Waals surface area contributed by atoms with Gasteiger partial charge in [0.15, 0.2) is 6.29 Å². The third kappa shape index (κ3) is 2.54. The molecule has 1 rings (SSSR count). The van der Waals surface area contributed by atoms with E-state index in [0.717, 1.165) is 22.7 Å². The molecule has 0 aliphatic rings. The molecule has 0 amide bonds. The summed E-state index contributed by atoms with van der Waals surface area (Å²) in [6.07, 6.45) is 0.848. The lowest BCUT2D eigenvalue weighted by Gasteiger charge is -2.19. The van der Waals surface area contributed by atoms with E-state index >= 15 is 0 Å². The third-order valence-corrected chi connectivity index (χ3v) is 2.86. The maximum absolute atomic E-state index is 10.4. The Morgan fingerprint density at radius 2 is 2.38 bits per heavy atom. The van der Waals surface area contributed by atoms with Crippen LogP contribution in [-0.4, -0.2) is 31.1 Å². The molecule has 1 aromatic heterocycles. The van der Waals surface area contributed by atoms with Gasteiger partial charge < -0.3 is 10.0 Å². The molecule has 0 bridgehead atoms. The van der Waals surface area contributed by atoms with Crippen molar-refractivity contribution >= 4 is 22.6 Å². The minimum atomic E-state index is 0.141. The van der Waals surface area contributed by atoms with Crippen LogP contribution >= 0.6 is 11.3 Å². The third-order valence-electron chi connectivity index (χ3n) is 1.79. The largest absolute Gasteiger partial charge is 0.395 e. The quantitative estimate of drug-likeness (QED) is 0.728. The molecule has 0 saturated carbocycles. The summed E-state index contributed by atoms with van der Waals surface area (Å²) in [5.74, 6) is 0. The van der Waals surface area contributed by atoms with Crippen LogP contribution in [0.4, 0.5) is 5.00 Å². The van der Waals surface area contributed by atoms with E-state index in [-0.39, 0.29) is 6.61 Å². The van der Waals surface area contributed by atoms with Crippen LogP contribution in [-0.2, 0) is 0 Å². The Balaban J connectivity index is 2.72. The zero-order valence-electron chi connectivity index (χ0n) is 7.56. The first-order chi connectivity index (χ1) is 6.31. The summed E-state index contributed by atoms with van der Waals surface area (Å²) >= 11 is 1.45. The SMILES string of the molecule is CCN(CCO)c1ccc(C=O)s1. The Labute approximate surface area is 81.6 Å². The molecule has 0 aliphatic carbocycles. The Bertz CT molecular complexity index is 272. The number of nitrogens with zero attached hydrogens (tertiary/aromatic N) is 1. The number of hydrogen-bond donors (Lipinski definition) is 1. The molecule has 0 unspecified atom stereocenters. The average Bonchev–Trinajstić information content (AvgIpc) is 2.62. The topological polar surface area (TPSA) is 40.5 Å². The van der Waals surface area contributed by atoms with Gasteiger partial charge in [0.05, 0.1) is 16.5 Å². The maximum Gasteiger partial charge on any atom is 0.160 e. The van der Waals surface area contributed by atoms with Gasteiger partial charge >= 0.3 is 0 Å². The first-order valence-corrected chi connectivity index (χ1v) is 5.04. The standard InChI is InChI=1S/C9H13NO2S/c1-2-10(5-6-11)9-4-3-8(7-12)13-9/h3-4,7,11H,2,5-6H2,1H3. The number of rotatable bonds is 5. The minimum Gasteiger partial charge on any atom is -0.395 e. The smallest absolute Gasteiger partial charge is 0.160 e. The summed E-state index contributed by atoms with van der Waals surface area (Å²) in [6, 6.07) is 3.71. The van der Waals surface area contributed by atoms with Crippen LogP contribution in [0.15, 0.2) is 12.1 Å². The monoisotopic (exact) mass is 199 g/mol. The second-order valence-corrected chi connectivity index (χ2v) is 3.69. The van der Waals surface area contributed by atoms with Crippen molar-refractivity contribution in [3.8, 4) is 0 Å². The highest BCUT2D eigenvalue weighted by molar-refractivity contribution is 7.17. The van der Waals surface area contributed by atoms with E-state index in [1.54, 1.807) is 6.07 Å². The summed E-state index contributed by atoms with van der Waals surface area (Å²) in [5.41, 5.74) is 0.